The number of nitrogens with zero attached hydrogens (tertiary/aromatic N) is 1. The van der Waals surface area contributed by atoms with E-state index in [2.05, 4.69) is 5.32 Å². The Hall–Kier alpha value is -1.55. The highest BCUT2D eigenvalue weighted by atomic mass is 16.5. The predicted molar refractivity (Wildman–Crippen MR) is 74.2 cm³/mol. The minimum Gasteiger partial charge on any atom is -0.388 e. The van der Waals surface area contributed by atoms with Crippen molar-refractivity contribution in [3.05, 3.63) is 29.3 Å². The van der Waals surface area contributed by atoms with Crippen LogP contribution in [0.2, 0.25) is 0 Å². The zero-order chi connectivity index (χ0) is 13.7. The molecular weight excluding hydrogens is 228 g/mol. The summed E-state index contributed by atoms with van der Waals surface area (Å²) in [6.07, 6.45) is 0. The van der Waals surface area contributed by atoms with E-state index in [-0.39, 0.29) is 11.9 Å². The summed E-state index contributed by atoms with van der Waals surface area (Å²) in [4.78, 5) is 14.0. The molecule has 1 N–H and O–H groups in total. The van der Waals surface area contributed by atoms with Gasteiger partial charge in [0.25, 0.3) is 5.91 Å². The molecular formula is C14H22N2O2. The molecule has 1 atom stereocenters. The van der Waals surface area contributed by atoms with Crippen molar-refractivity contribution < 1.29 is 9.53 Å². The van der Waals surface area contributed by atoms with Crippen LogP contribution in [-0.2, 0) is 4.74 Å². The molecule has 1 aromatic carbocycles. The highest BCUT2D eigenvalue weighted by Crippen LogP contribution is 2.17. The molecule has 1 unspecified atom stereocenters. The van der Waals surface area contributed by atoms with Gasteiger partial charge in [-0.2, -0.15) is 0 Å². The van der Waals surface area contributed by atoms with Crippen molar-refractivity contribution in [1.29, 1.82) is 0 Å². The average molecular weight is 250 g/mol. The fourth-order valence-corrected chi connectivity index (χ4v) is 1.83. The van der Waals surface area contributed by atoms with Crippen LogP contribution in [0, 0.1) is 6.92 Å². The minimum absolute atomic E-state index is 0.0188. The summed E-state index contributed by atoms with van der Waals surface area (Å²) in [6, 6.07) is 5.74. The first-order chi connectivity index (χ1) is 8.51. The summed E-state index contributed by atoms with van der Waals surface area (Å²) < 4.78 is 5.07. The number of likely N-dealkylation sites (N-methyl/N-ethyl adjacent to an activating group) is 1. The summed E-state index contributed by atoms with van der Waals surface area (Å²) in [5.41, 5.74) is 2.81. The Labute approximate surface area is 109 Å². The molecule has 0 aliphatic carbocycles. The van der Waals surface area contributed by atoms with Gasteiger partial charge in [-0.3, -0.25) is 4.79 Å². The third-order valence-corrected chi connectivity index (χ3v) is 3.13. The van der Waals surface area contributed by atoms with Crippen molar-refractivity contribution in [2.24, 2.45) is 0 Å². The van der Waals surface area contributed by atoms with Gasteiger partial charge in [-0.25, -0.2) is 0 Å². The average Bonchev–Trinajstić information content (AvgIpc) is 2.37. The number of anilines is 1. The van der Waals surface area contributed by atoms with Gasteiger partial charge < -0.3 is 15.0 Å². The quantitative estimate of drug-likeness (QED) is 0.870. The summed E-state index contributed by atoms with van der Waals surface area (Å²) in [5, 5.41) is 3.09. The van der Waals surface area contributed by atoms with Crippen molar-refractivity contribution >= 4 is 11.6 Å². The third kappa shape index (κ3) is 3.23. The van der Waals surface area contributed by atoms with E-state index in [0.717, 1.165) is 11.3 Å². The van der Waals surface area contributed by atoms with Crippen molar-refractivity contribution in [2.75, 3.05) is 33.1 Å². The van der Waals surface area contributed by atoms with Gasteiger partial charge in [0.05, 0.1) is 12.6 Å². The van der Waals surface area contributed by atoms with Crippen molar-refractivity contribution in [3.8, 4) is 0 Å². The molecule has 0 saturated carbocycles. The number of ether oxygens (including phenoxy) is 1. The molecule has 0 fully saturated rings. The van der Waals surface area contributed by atoms with Crippen LogP contribution in [0.5, 0.6) is 0 Å². The molecule has 4 heteroatoms. The van der Waals surface area contributed by atoms with Gasteiger partial charge in [0.2, 0.25) is 0 Å². The van der Waals surface area contributed by atoms with Crippen LogP contribution in [0.25, 0.3) is 0 Å². The lowest BCUT2D eigenvalue weighted by atomic mass is 10.1. The molecule has 0 radical (unpaired) electrons. The Balaban J connectivity index is 2.87. The fraction of sp³-hybridized carbons (Fsp3) is 0.500. The van der Waals surface area contributed by atoms with Crippen LogP contribution in [0.15, 0.2) is 18.2 Å². The third-order valence-electron chi connectivity index (χ3n) is 3.13. The van der Waals surface area contributed by atoms with Crippen LogP contribution < -0.4 is 5.32 Å². The van der Waals surface area contributed by atoms with Gasteiger partial charge in [0.1, 0.15) is 0 Å². The minimum atomic E-state index is 0.0188. The number of amides is 1. The first-order valence-corrected chi connectivity index (χ1v) is 6.05. The summed E-state index contributed by atoms with van der Waals surface area (Å²) >= 11 is 0. The van der Waals surface area contributed by atoms with Gasteiger partial charge >= 0.3 is 0 Å². The van der Waals surface area contributed by atoms with Gasteiger partial charge in [0.15, 0.2) is 0 Å². The molecule has 4 nitrogen and oxygen atoms in total. The maximum atomic E-state index is 12.3. The zero-order valence-corrected chi connectivity index (χ0v) is 11.8. The van der Waals surface area contributed by atoms with Gasteiger partial charge in [-0.1, -0.05) is 0 Å². The van der Waals surface area contributed by atoms with Gasteiger partial charge in [-0.15, -0.1) is 0 Å². The van der Waals surface area contributed by atoms with Crippen LogP contribution in [0.4, 0.5) is 5.69 Å². The standard InChI is InChI=1S/C14H22N2O2/c1-10-8-12(6-7-13(10)15-3)14(17)16(4)11(2)9-18-5/h6-8,11,15H,9H2,1-5H3. The number of carbonyl (C=O) groups excluding carboxylic acids is 1. The number of nitrogens with one attached hydrogen (secondary N) is 1. The molecule has 1 rings (SSSR count). The monoisotopic (exact) mass is 250 g/mol. The molecule has 1 amide bonds. The molecule has 18 heavy (non-hydrogen) atoms. The van der Waals surface area contributed by atoms with Crippen LogP contribution in [0.1, 0.15) is 22.8 Å². The maximum Gasteiger partial charge on any atom is 0.253 e. The molecule has 0 bridgehead atoms. The Kier molecular flexibility index (Phi) is 5.16. The normalized spacial score (nSPS) is 12.1. The second kappa shape index (κ2) is 6.40. The van der Waals surface area contributed by atoms with E-state index in [0.29, 0.717) is 12.2 Å². The zero-order valence-electron chi connectivity index (χ0n) is 11.8. The SMILES string of the molecule is CNc1ccc(C(=O)N(C)C(C)COC)cc1C. The predicted octanol–water partition coefficient (Wildman–Crippen LogP) is 2.14. The smallest absolute Gasteiger partial charge is 0.253 e. The molecule has 100 valence electrons. The van der Waals surface area contributed by atoms with Crippen molar-refractivity contribution in [1.82, 2.24) is 4.90 Å². The molecule has 0 spiro atoms. The Bertz CT molecular complexity index is 418. The van der Waals surface area contributed by atoms with Gasteiger partial charge in [0, 0.05) is 32.5 Å². The molecule has 1 aromatic rings. The lowest BCUT2D eigenvalue weighted by molar-refractivity contribution is 0.0633. The van der Waals surface area contributed by atoms with Crippen LogP contribution in [-0.4, -0.2) is 44.7 Å². The second-order valence-electron chi connectivity index (χ2n) is 4.50. The molecule has 0 heterocycles. The molecule has 0 aromatic heterocycles. The number of carbonyl (C=O) groups is 1. The number of hydrogen-bond donors (Lipinski definition) is 1. The number of aryl methyl sites for hydroxylation is 1. The highest BCUT2D eigenvalue weighted by molar-refractivity contribution is 5.95. The van der Waals surface area contributed by atoms with Gasteiger partial charge in [-0.05, 0) is 37.6 Å². The number of methoxy groups -OCH3 is 1. The number of benzene rings is 1. The van der Waals surface area contributed by atoms with Crippen molar-refractivity contribution in [3.63, 3.8) is 0 Å². The van der Waals surface area contributed by atoms with E-state index in [9.17, 15) is 4.79 Å². The van der Waals surface area contributed by atoms with E-state index in [1.54, 1.807) is 19.1 Å². The molecule has 0 aliphatic rings. The summed E-state index contributed by atoms with van der Waals surface area (Å²) in [6.45, 7) is 4.49. The Morgan fingerprint density at radius 2 is 2.17 bits per heavy atom. The molecule has 0 aliphatic heterocycles. The van der Waals surface area contributed by atoms with E-state index < -0.39 is 0 Å². The largest absolute Gasteiger partial charge is 0.388 e. The Morgan fingerprint density at radius 3 is 2.67 bits per heavy atom. The first-order valence-electron chi connectivity index (χ1n) is 6.05. The van der Waals surface area contributed by atoms with Crippen molar-refractivity contribution in [2.45, 2.75) is 19.9 Å². The number of hydrogen-bond acceptors (Lipinski definition) is 3. The fourth-order valence-electron chi connectivity index (χ4n) is 1.83. The van der Waals surface area contributed by atoms with Crippen LogP contribution in [0.3, 0.4) is 0 Å². The Morgan fingerprint density at radius 1 is 1.50 bits per heavy atom. The second-order valence-corrected chi connectivity index (χ2v) is 4.50. The molecule has 0 saturated heterocycles. The topological polar surface area (TPSA) is 41.6 Å². The highest BCUT2D eigenvalue weighted by Gasteiger charge is 2.17. The number of rotatable bonds is 5. The van der Waals surface area contributed by atoms with E-state index in [1.165, 1.54) is 0 Å². The first kappa shape index (κ1) is 14.5. The van der Waals surface area contributed by atoms with E-state index in [1.807, 2.05) is 39.1 Å². The maximum absolute atomic E-state index is 12.3. The lowest BCUT2D eigenvalue weighted by Crippen LogP contribution is -2.37. The lowest BCUT2D eigenvalue weighted by Gasteiger charge is -2.24. The van der Waals surface area contributed by atoms with Crippen LogP contribution >= 0.6 is 0 Å². The van der Waals surface area contributed by atoms with E-state index in [4.69, 9.17) is 4.74 Å². The summed E-state index contributed by atoms with van der Waals surface area (Å²) in [5.74, 6) is 0.0188. The van der Waals surface area contributed by atoms with E-state index >= 15 is 0 Å². The summed E-state index contributed by atoms with van der Waals surface area (Å²) in [7, 11) is 5.31.